The number of thiophene rings is 1. The topological polar surface area (TPSA) is 32.3 Å². The average molecular weight is 232 g/mol. The van der Waals surface area contributed by atoms with Crippen molar-refractivity contribution in [2.75, 3.05) is 18.5 Å². The zero-order valence-electron chi connectivity index (χ0n) is 7.92. The molecule has 0 atom stereocenters. The second-order valence-electron chi connectivity index (χ2n) is 3.97. The first-order chi connectivity index (χ1) is 6.74. The lowest BCUT2D eigenvalue weighted by Crippen LogP contribution is -2.39. The molecule has 0 aromatic carbocycles. The van der Waals surface area contributed by atoms with E-state index in [-0.39, 0.29) is 5.41 Å². The first-order valence-corrected chi connectivity index (χ1v) is 6.04. The van der Waals surface area contributed by atoms with E-state index in [1.807, 2.05) is 12.1 Å². The standard InChI is InChI=1S/C10H14ClNOS/c11-8-2-3-9(14-8)12-6-10(7-13)4-1-5-10/h2-3,12-13H,1,4-7H2. The van der Waals surface area contributed by atoms with Gasteiger partial charge in [-0.1, -0.05) is 18.0 Å². The van der Waals surface area contributed by atoms with Crippen molar-refractivity contribution < 1.29 is 5.11 Å². The van der Waals surface area contributed by atoms with Gasteiger partial charge in [-0.25, -0.2) is 0 Å². The van der Waals surface area contributed by atoms with E-state index in [0.29, 0.717) is 6.61 Å². The third-order valence-corrected chi connectivity index (χ3v) is 4.15. The number of aliphatic hydroxyl groups is 1. The lowest BCUT2D eigenvalue weighted by atomic mass is 9.69. The summed E-state index contributed by atoms with van der Waals surface area (Å²) in [5.74, 6) is 0. The molecule has 2 nitrogen and oxygen atoms in total. The van der Waals surface area contributed by atoms with Gasteiger partial charge in [0.25, 0.3) is 0 Å². The van der Waals surface area contributed by atoms with Crippen molar-refractivity contribution in [1.29, 1.82) is 0 Å². The number of hydrogen-bond donors (Lipinski definition) is 2. The summed E-state index contributed by atoms with van der Waals surface area (Å²) in [5, 5.41) is 13.7. The molecule has 0 amide bonds. The summed E-state index contributed by atoms with van der Waals surface area (Å²) in [6.45, 7) is 1.15. The highest BCUT2D eigenvalue weighted by Gasteiger charge is 2.35. The molecule has 2 N–H and O–H groups in total. The van der Waals surface area contributed by atoms with Gasteiger partial charge in [-0.3, -0.25) is 0 Å². The Morgan fingerprint density at radius 2 is 2.29 bits per heavy atom. The highest BCUT2D eigenvalue weighted by molar-refractivity contribution is 7.19. The second-order valence-corrected chi connectivity index (χ2v) is 5.68. The minimum absolute atomic E-state index is 0.135. The molecule has 1 heterocycles. The number of aliphatic hydroxyl groups excluding tert-OH is 1. The number of halogens is 1. The molecule has 0 saturated heterocycles. The predicted octanol–water partition coefficient (Wildman–Crippen LogP) is 2.98. The van der Waals surface area contributed by atoms with Gasteiger partial charge in [-0.05, 0) is 25.0 Å². The van der Waals surface area contributed by atoms with E-state index in [9.17, 15) is 5.11 Å². The third kappa shape index (κ3) is 2.05. The molecule has 4 heteroatoms. The Hall–Kier alpha value is -0.250. The van der Waals surface area contributed by atoms with Gasteiger partial charge in [-0.15, -0.1) is 11.3 Å². The van der Waals surface area contributed by atoms with E-state index < -0.39 is 0 Å². The molecule has 1 saturated carbocycles. The fourth-order valence-corrected chi connectivity index (χ4v) is 2.69. The normalized spacial score (nSPS) is 19.0. The quantitative estimate of drug-likeness (QED) is 0.835. The molecule has 0 radical (unpaired) electrons. The molecule has 0 spiro atoms. The first-order valence-electron chi connectivity index (χ1n) is 4.84. The first kappa shape index (κ1) is 10.3. The molecule has 14 heavy (non-hydrogen) atoms. The fraction of sp³-hybridized carbons (Fsp3) is 0.600. The second kappa shape index (κ2) is 4.09. The lowest BCUT2D eigenvalue weighted by Gasteiger charge is -2.40. The SMILES string of the molecule is OCC1(CNc2ccc(Cl)s2)CCC1. The number of hydrogen-bond acceptors (Lipinski definition) is 3. The van der Waals surface area contributed by atoms with Crippen LogP contribution in [0.3, 0.4) is 0 Å². The number of anilines is 1. The smallest absolute Gasteiger partial charge is 0.0950 e. The van der Waals surface area contributed by atoms with E-state index in [4.69, 9.17) is 11.6 Å². The summed E-state index contributed by atoms with van der Waals surface area (Å²) < 4.78 is 0.805. The molecule has 1 aromatic heterocycles. The molecule has 78 valence electrons. The van der Waals surface area contributed by atoms with Crippen molar-refractivity contribution in [3.63, 3.8) is 0 Å². The average Bonchev–Trinajstić information content (AvgIpc) is 2.50. The van der Waals surface area contributed by atoms with Crippen LogP contribution in [-0.2, 0) is 0 Å². The Bertz CT molecular complexity index is 303. The third-order valence-electron chi connectivity index (χ3n) is 2.96. The fourth-order valence-electron chi connectivity index (χ4n) is 1.75. The summed E-state index contributed by atoms with van der Waals surface area (Å²) >= 11 is 7.37. The summed E-state index contributed by atoms with van der Waals surface area (Å²) in [4.78, 5) is 0. The van der Waals surface area contributed by atoms with Crippen LogP contribution in [-0.4, -0.2) is 18.3 Å². The largest absolute Gasteiger partial charge is 0.396 e. The van der Waals surface area contributed by atoms with E-state index >= 15 is 0 Å². The Morgan fingerprint density at radius 3 is 2.71 bits per heavy atom. The summed E-state index contributed by atoms with van der Waals surface area (Å²) in [5.41, 5.74) is 0.135. The van der Waals surface area contributed by atoms with E-state index in [1.54, 1.807) is 11.3 Å². The summed E-state index contributed by atoms with van der Waals surface area (Å²) in [7, 11) is 0. The summed E-state index contributed by atoms with van der Waals surface area (Å²) in [6.07, 6.45) is 3.51. The molecule has 0 unspecified atom stereocenters. The zero-order valence-corrected chi connectivity index (χ0v) is 9.50. The maximum absolute atomic E-state index is 9.26. The molecule has 1 aromatic rings. The van der Waals surface area contributed by atoms with Crippen LogP contribution < -0.4 is 5.32 Å². The Kier molecular flexibility index (Phi) is 3.00. The zero-order chi connectivity index (χ0) is 10.0. The van der Waals surface area contributed by atoms with E-state index in [0.717, 1.165) is 28.7 Å². The van der Waals surface area contributed by atoms with Crippen LogP contribution in [0.15, 0.2) is 12.1 Å². The van der Waals surface area contributed by atoms with Crippen LogP contribution in [0.1, 0.15) is 19.3 Å². The minimum atomic E-state index is 0.135. The van der Waals surface area contributed by atoms with Crippen molar-refractivity contribution in [2.45, 2.75) is 19.3 Å². The van der Waals surface area contributed by atoms with Crippen LogP contribution in [0.2, 0.25) is 4.34 Å². The monoisotopic (exact) mass is 231 g/mol. The van der Waals surface area contributed by atoms with Gasteiger partial charge in [-0.2, -0.15) is 0 Å². The van der Waals surface area contributed by atoms with Crippen molar-refractivity contribution in [1.82, 2.24) is 0 Å². The van der Waals surface area contributed by atoms with Crippen LogP contribution in [0.5, 0.6) is 0 Å². The maximum Gasteiger partial charge on any atom is 0.0950 e. The molecule has 2 rings (SSSR count). The number of nitrogens with one attached hydrogen (secondary N) is 1. The Balaban J connectivity index is 1.87. The van der Waals surface area contributed by atoms with Gasteiger partial charge in [0.15, 0.2) is 0 Å². The van der Waals surface area contributed by atoms with Gasteiger partial charge < -0.3 is 10.4 Å². The molecular formula is C10H14ClNOS. The van der Waals surface area contributed by atoms with Crippen LogP contribution in [0.4, 0.5) is 5.00 Å². The Morgan fingerprint density at radius 1 is 1.50 bits per heavy atom. The lowest BCUT2D eigenvalue weighted by molar-refractivity contribution is 0.0577. The van der Waals surface area contributed by atoms with E-state index in [2.05, 4.69) is 5.32 Å². The molecular weight excluding hydrogens is 218 g/mol. The predicted molar refractivity (Wildman–Crippen MR) is 61.2 cm³/mol. The minimum Gasteiger partial charge on any atom is -0.396 e. The van der Waals surface area contributed by atoms with Gasteiger partial charge in [0, 0.05) is 12.0 Å². The van der Waals surface area contributed by atoms with Crippen LogP contribution in [0.25, 0.3) is 0 Å². The van der Waals surface area contributed by atoms with Gasteiger partial charge in [0.1, 0.15) is 0 Å². The van der Waals surface area contributed by atoms with E-state index in [1.165, 1.54) is 6.42 Å². The molecule has 1 aliphatic rings. The van der Waals surface area contributed by atoms with Crippen LogP contribution in [0, 0.1) is 5.41 Å². The van der Waals surface area contributed by atoms with Gasteiger partial charge >= 0.3 is 0 Å². The molecule has 1 fully saturated rings. The van der Waals surface area contributed by atoms with Crippen molar-refractivity contribution >= 4 is 27.9 Å². The van der Waals surface area contributed by atoms with Gasteiger partial charge in [0.05, 0.1) is 15.9 Å². The summed E-state index contributed by atoms with van der Waals surface area (Å²) in [6, 6.07) is 3.87. The number of rotatable bonds is 4. The maximum atomic E-state index is 9.26. The van der Waals surface area contributed by atoms with Crippen LogP contribution >= 0.6 is 22.9 Å². The van der Waals surface area contributed by atoms with Crippen molar-refractivity contribution in [3.05, 3.63) is 16.5 Å². The van der Waals surface area contributed by atoms with Crippen molar-refractivity contribution in [2.24, 2.45) is 5.41 Å². The highest BCUT2D eigenvalue weighted by Crippen LogP contribution is 2.40. The molecule has 0 bridgehead atoms. The highest BCUT2D eigenvalue weighted by atomic mass is 35.5. The van der Waals surface area contributed by atoms with Gasteiger partial charge in [0.2, 0.25) is 0 Å². The van der Waals surface area contributed by atoms with Crippen molar-refractivity contribution in [3.8, 4) is 0 Å². The Labute approximate surface area is 92.9 Å². The molecule has 1 aliphatic carbocycles. The molecule has 0 aliphatic heterocycles.